The highest BCUT2D eigenvalue weighted by Crippen LogP contribution is 2.37. The fraction of sp³-hybridized carbons (Fsp3) is 0.333. The molecule has 1 aliphatic rings. The molecule has 0 saturated carbocycles. The number of fused-ring (bicyclic) bond motifs is 1. The standard InChI is InChI=1S/C12H10F3NO4/c1-20-10(18)9-4-6-2-3-7(17)5-8(6)16(9)11(19)12(13,14)15/h2-3,5,9,17H,4H2,1H3/t9-/m1/s1. The van der Waals surface area contributed by atoms with E-state index < -0.39 is 24.1 Å². The molecule has 8 heteroatoms. The number of methoxy groups -OCH3 is 1. The summed E-state index contributed by atoms with van der Waals surface area (Å²) in [5, 5.41) is 9.35. The summed E-state index contributed by atoms with van der Waals surface area (Å²) in [6.07, 6.45) is -5.22. The number of carbonyl (C=O) groups is 2. The number of phenols is 1. The number of phenolic OH excluding ortho intramolecular Hbond substituents is 1. The number of esters is 1. The van der Waals surface area contributed by atoms with Crippen molar-refractivity contribution in [2.45, 2.75) is 18.6 Å². The fourth-order valence-electron chi connectivity index (χ4n) is 2.13. The van der Waals surface area contributed by atoms with Gasteiger partial charge in [-0.2, -0.15) is 13.2 Å². The summed E-state index contributed by atoms with van der Waals surface area (Å²) < 4.78 is 42.3. The van der Waals surface area contributed by atoms with Crippen LogP contribution in [-0.2, 0) is 20.7 Å². The average Bonchev–Trinajstić information content (AvgIpc) is 2.74. The number of anilines is 1. The van der Waals surface area contributed by atoms with Crippen molar-refractivity contribution in [3.63, 3.8) is 0 Å². The molecule has 108 valence electrons. The molecule has 0 saturated heterocycles. The van der Waals surface area contributed by atoms with E-state index in [0.717, 1.165) is 13.2 Å². The molecule has 1 aromatic rings. The topological polar surface area (TPSA) is 66.8 Å². The minimum Gasteiger partial charge on any atom is -0.508 e. The third-order valence-corrected chi connectivity index (χ3v) is 2.99. The van der Waals surface area contributed by atoms with Gasteiger partial charge in [0.15, 0.2) is 0 Å². The van der Waals surface area contributed by atoms with E-state index in [1.165, 1.54) is 12.1 Å². The van der Waals surface area contributed by atoms with Crippen molar-refractivity contribution in [3.05, 3.63) is 23.8 Å². The molecule has 1 atom stereocenters. The van der Waals surface area contributed by atoms with Crippen LogP contribution < -0.4 is 4.90 Å². The Hall–Kier alpha value is -2.25. The number of aromatic hydroxyl groups is 1. The maximum Gasteiger partial charge on any atom is 0.471 e. The minimum absolute atomic E-state index is 0.0931. The van der Waals surface area contributed by atoms with Gasteiger partial charge in [-0.05, 0) is 11.6 Å². The van der Waals surface area contributed by atoms with Gasteiger partial charge in [-0.3, -0.25) is 9.69 Å². The monoisotopic (exact) mass is 289 g/mol. The van der Waals surface area contributed by atoms with E-state index in [2.05, 4.69) is 4.74 Å². The lowest BCUT2D eigenvalue weighted by atomic mass is 10.1. The molecule has 2 rings (SSSR count). The smallest absolute Gasteiger partial charge is 0.471 e. The molecule has 0 aliphatic carbocycles. The van der Waals surface area contributed by atoms with Gasteiger partial charge in [0.2, 0.25) is 0 Å². The summed E-state index contributed by atoms with van der Waals surface area (Å²) >= 11 is 0. The Morgan fingerprint density at radius 3 is 2.60 bits per heavy atom. The average molecular weight is 289 g/mol. The van der Waals surface area contributed by atoms with Crippen LogP contribution in [0.2, 0.25) is 0 Å². The summed E-state index contributed by atoms with van der Waals surface area (Å²) in [6.45, 7) is 0. The van der Waals surface area contributed by atoms with Crippen LogP contribution in [0.25, 0.3) is 0 Å². The predicted octanol–water partition coefficient (Wildman–Crippen LogP) is 1.39. The Balaban J connectivity index is 2.50. The van der Waals surface area contributed by atoms with Crippen molar-refractivity contribution in [2.24, 2.45) is 0 Å². The fourth-order valence-corrected chi connectivity index (χ4v) is 2.13. The third-order valence-electron chi connectivity index (χ3n) is 2.99. The van der Waals surface area contributed by atoms with E-state index in [0.29, 0.717) is 10.5 Å². The predicted molar refractivity (Wildman–Crippen MR) is 61.2 cm³/mol. The molecule has 1 amide bonds. The van der Waals surface area contributed by atoms with E-state index in [4.69, 9.17) is 0 Å². The van der Waals surface area contributed by atoms with Crippen LogP contribution in [-0.4, -0.2) is 36.3 Å². The first-order valence-corrected chi connectivity index (χ1v) is 5.56. The lowest BCUT2D eigenvalue weighted by Gasteiger charge is -2.24. The molecule has 0 radical (unpaired) electrons. The van der Waals surface area contributed by atoms with E-state index in [-0.39, 0.29) is 17.9 Å². The first-order valence-electron chi connectivity index (χ1n) is 5.56. The van der Waals surface area contributed by atoms with E-state index in [9.17, 15) is 27.9 Å². The summed E-state index contributed by atoms with van der Waals surface area (Å²) in [7, 11) is 1.03. The van der Waals surface area contributed by atoms with Crippen molar-refractivity contribution < 1.29 is 32.6 Å². The minimum atomic E-state index is -5.13. The Bertz CT molecular complexity index is 570. The number of carbonyl (C=O) groups excluding carboxylic acids is 2. The number of alkyl halides is 3. The number of ether oxygens (including phenoxy) is 1. The molecule has 1 heterocycles. The SMILES string of the molecule is COC(=O)[C@H]1Cc2ccc(O)cc2N1C(=O)C(F)(F)F. The van der Waals surface area contributed by atoms with Crippen molar-refractivity contribution in [3.8, 4) is 5.75 Å². The van der Waals surface area contributed by atoms with Gasteiger partial charge < -0.3 is 9.84 Å². The molecule has 0 fully saturated rings. The molecule has 1 aliphatic heterocycles. The molecule has 1 N–H and O–H groups in total. The second-order valence-corrected chi connectivity index (χ2v) is 4.23. The van der Waals surface area contributed by atoms with E-state index in [1.54, 1.807) is 0 Å². The van der Waals surface area contributed by atoms with E-state index >= 15 is 0 Å². The maximum absolute atomic E-state index is 12.6. The molecule has 1 aromatic carbocycles. The van der Waals surface area contributed by atoms with Crippen LogP contribution in [0, 0.1) is 0 Å². The second kappa shape index (κ2) is 4.69. The van der Waals surface area contributed by atoms with Crippen molar-refractivity contribution in [1.29, 1.82) is 0 Å². The number of nitrogens with zero attached hydrogens (tertiary/aromatic N) is 1. The molecule has 0 aromatic heterocycles. The number of hydrogen-bond acceptors (Lipinski definition) is 4. The highest BCUT2D eigenvalue weighted by Gasteiger charge is 2.50. The Morgan fingerprint density at radius 2 is 2.05 bits per heavy atom. The van der Waals surface area contributed by atoms with Crippen molar-refractivity contribution >= 4 is 17.6 Å². The lowest BCUT2D eigenvalue weighted by Crippen LogP contribution is -2.49. The summed E-state index contributed by atoms with van der Waals surface area (Å²) in [6, 6.07) is 2.27. The van der Waals surface area contributed by atoms with Crippen LogP contribution in [0.15, 0.2) is 18.2 Å². The number of amides is 1. The Morgan fingerprint density at radius 1 is 1.40 bits per heavy atom. The van der Waals surface area contributed by atoms with Gasteiger partial charge in [0.25, 0.3) is 0 Å². The summed E-state index contributed by atoms with van der Waals surface area (Å²) in [5.74, 6) is -3.41. The zero-order chi connectivity index (χ0) is 15.1. The first kappa shape index (κ1) is 14.2. The highest BCUT2D eigenvalue weighted by atomic mass is 19.4. The van der Waals surface area contributed by atoms with Crippen LogP contribution in [0.1, 0.15) is 5.56 Å². The largest absolute Gasteiger partial charge is 0.508 e. The van der Waals surface area contributed by atoms with Gasteiger partial charge in [0.05, 0.1) is 12.8 Å². The quantitative estimate of drug-likeness (QED) is 0.793. The molecule has 0 bridgehead atoms. The van der Waals surface area contributed by atoms with Crippen molar-refractivity contribution in [2.75, 3.05) is 12.0 Å². The van der Waals surface area contributed by atoms with Gasteiger partial charge in [0.1, 0.15) is 11.8 Å². The summed E-state index contributed by atoms with van der Waals surface area (Å²) in [4.78, 5) is 23.4. The van der Waals surface area contributed by atoms with Crippen molar-refractivity contribution in [1.82, 2.24) is 0 Å². The highest BCUT2D eigenvalue weighted by molar-refractivity contribution is 6.04. The van der Waals surface area contributed by atoms with E-state index in [1.807, 2.05) is 0 Å². The molecule has 0 spiro atoms. The lowest BCUT2D eigenvalue weighted by molar-refractivity contribution is -0.171. The molecular formula is C12H10F3NO4. The maximum atomic E-state index is 12.6. The van der Waals surface area contributed by atoms with Gasteiger partial charge in [-0.1, -0.05) is 6.07 Å². The normalized spacial score (nSPS) is 17.8. The zero-order valence-corrected chi connectivity index (χ0v) is 10.3. The zero-order valence-electron chi connectivity index (χ0n) is 10.3. The molecule has 5 nitrogen and oxygen atoms in total. The Labute approximate surface area is 111 Å². The van der Waals surface area contributed by atoms with Crippen LogP contribution in [0.4, 0.5) is 18.9 Å². The summed E-state index contributed by atoms with van der Waals surface area (Å²) in [5.41, 5.74) is 0.221. The van der Waals surface area contributed by atoms with Gasteiger partial charge in [-0.25, -0.2) is 4.79 Å². The van der Waals surface area contributed by atoms with Crippen LogP contribution in [0.5, 0.6) is 5.75 Å². The number of rotatable bonds is 1. The number of hydrogen-bond donors (Lipinski definition) is 1. The van der Waals surface area contributed by atoms with Crippen LogP contribution >= 0.6 is 0 Å². The van der Waals surface area contributed by atoms with Gasteiger partial charge >= 0.3 is 18.1 Å². The Kier molecular flexibility index (Phi) is 3.33. The number of benzene rings is 1. The van der Waals surface area contributed by atoms with Gasteiger partial charge in [-0.15, -0.1) is 0 Å². The van der Waals surface area contributed by atoms with Gasteiger partial charge in [0, 0.05) is 12.5 Å². The number of halogens is 3. The molecular weight excluding hydrogens is 279 g/mol. The molecule has 0 unspecified atom stereocenters. The molecule has 20 heavy (non-hydrogen) atoms. The third kappa shape index (κ3) is 2.28. The first-order chi connectivity index (χ1) is 9.25. The van der Waals surface area contributed by atoms with Crippen LogP contribution in [0.3, 0.4) is 0 Å². The second-order valence-electron chi connectivity index (χ2n) is 4.23.